The van der Waals surface area contributed by atoms with Crippen LogP contribution in [0.2, 0.25) is 0 Å². The molecule has 0 radical (unpaired) electrons. The van der Waals surface area contributed by atoms with E-state index in [2.05, 4.69) is 30.9 Å². The van der Waals surface area contributed by atoms with E-state index in [9.17, 15) is 10.5 Å². The molecule has 2 rings (SSSR count). The summed E-state index contributed by atoms with van der Waals surface area (Å²) in [6.07, 6.45) is 9.60. The second kappa shape index (κ2) is 6.91. The van der Waals surface area contributed by atoms with Gasteiger partial charge in [0.05, 0.1) is 12.1 Å². The number of nitrogens with zero attached hydrogens (tertiary/aromatic N) is 2. The second-order valence-electron chi connectivity index (χ2n) is 5.55. The highest BCUT2D eigenvalue weighted by molar-refractivity contribution is 5.34. The number of hydrogen-bond acceptors (Lipinski definition) is 2. The quantitative estimate of drug-likeness (QED) is 0.729. The molecule has 2 heteroatoms. The average Bonchev–Trinajstić information content (AvgIpc) is 2.57. The zero-order chi connectivity index (χ0) is 15.1. The summed E-state index contributed by atoms with van der Waals surface area (Å²) in [5.74, 6) is -0.148. The van der Waals surface area contributed by atoms with Crippen LogP contribution in [0.25, 0.3) is 0 Å². The molecule has 0 aliphatic heterocycles. The van der Waals surface area contributed by atoms with Gasteiger partial charge in [-0.1, -0.05) is 48.6 Å². The molecule has 0 amide bonds. The molecule has 0 bridgehead atoms. The fraction of sp³-hybridized carbons (Fsp3) is 0.368. The van der Waals surface area contributed by atoms with Crippen LogP contribution >= 0.6 is 0 Å². The molecule has 0 saturated carbocycles. The smallest absolute Gasteiger partial charge is 0.157 e. The van der Waals surface area contributed by atoms with Gasteiger partial charge in [-0.2, -0.15) is 10.5 Å². The van der Waals surface area contributed by atoms with Gasteiger partial charge in [0.2, 0.25) is 0 Å². The number of nitriles is 2. The molecule has 0 aromatic heterocycles. The Morgan fingerprint density at radius 2 is 2.00 bits per heavy atom. The summed E-state index contributed by atoms with van der Waals surface area (Å²) in [4.78, 5) is 0. The van der Waals surface area contributed by atoms with Crippen molar-refractivity contribution < 1.29 is 0 Å². The van der Waals surface area contributed by atoms with Crippen LogP contribution in [-0.4, -0.2) is 0 Å². The SMILES string of the molecule is C=CCC(c1ccccc1)C(C#N)(C#N)C1C=CCCC1. The Bertz CT molecular complexity index is 572. The maximum atomic E-state index is 9.85. The molecule has 1 aliphatic rings. The van der Waals surface area contributed by atoms with E-state index in [0.29, 0.717) is 6.42 Å². The molecule has 1 aromatic rings. The summed E-state index contributed by atoms with van der Waals surface area (Å²) in [6.45, 7) is 3.82. The van der Waals surface area contributed by atoms with Gasteiger partial charge in [0.1, 0.15) is 0 Å². The van der Waals surface area contributed by atoms with E-state index in [1.807, 2.05) is 36.4 Å². The molecule has 21 heavy (non-hydrogen) atoms. The van der Waals surface area contributed by atoms with E-state index in [4.69, 9.17) is 0 Å². The van der Waals surface area contributed by atoms with E-state index in [0.717, 1.165) is 24.8 Å². The van der Waals surface area contributed by atoms with Crippen LogP contribution in [0.5, 0.6) is 0 Å². The zero-order valence-electron chi connectivity index (χ0n) is 12.2. The van der Waals surface area contributed by atoms with Crippen LogP contribution in [-0.2, 0) is 0 Å². The van der Waals surface area contributed by atoms with Crippen LogP contribution < -0.4 is 0 Å². The summed E-state index contributed by atoms with van der Waals surface area (Å²) in [5.41, 5.74) is 0.0198. The van der Waals surface area contributed by atoms with E-state index in [-0.39, 0.29) is 11.8 Å². The van der Waals surface area contributed by atoms with Crippen molar-refractivity contribution in [3.05, 3.63) is 60.7 Å². The van der Waals surface area contributed by atoms with Gasteiger partial charge in [-0.05, 0) is 31.2 Å². The van der Waals surface area contributed by atoms with Crippen LogP contribution in [0.1, 0.15) is 37.2 Å². The van der Waals surface area contributed by atoms with Crippen molar-refractivity contribution in [1.29, 1.82) is 10.5 Å². The molecule has 0 saturated heterocycles. The van der Waals surface area contributed by atoms with Gasteiger partial charge in [-0.15, -0.1) is 6.58 Å². The van der Waals surface area contributed by atoms with Crippen LogP contribution in [0.15, 0.2) is 55.1 Å². The van der Waals surface area contributed by atoms with Gasteiger partial charge in [0, 0.05) is 11.8 Å². The molecule has 1 aliphatic carbocycles. The number of allylic oxidation sites excluding steroid dienone is 3. The average molecular weight is 276 g/mol. The zero-order valence-corrected chi connectivity index (χ0v) is 12.2. The Morgan fingerprint density at radius 1 is 1.29 bits per heavy atom. The Balaban J connectivity index is 2.49. The summed E-state index contributed by atoms with van der Waals surface area (Å²) in [5, 5.41) is 19.7. The van der Waals surface area contributed by atoms with Gasteiger partial charge < -0.3 is 0 Å². The van der Waals surface area contributed by atoms with Crippen molar-refractivity contribution in [2.24, 2.45) is 11.3 Å². The van der Waals surface area contributed by atoms with Crippen molar-refractivity contribution >= 4 is 0 Å². The molecule has 106 valence electrons. The van der Waals surface area contributed by atoms with E-state index < -0.39 is 5.41 Å². The maximum absolute atomic E-state index is 9.85. The molecule has 0 fully saturated rings. The van der Waals surface area contributed by atoms with Gasteiger partial charge >= 0.3 is 0 Å². The van der Waals surface area contributed by atoms with Gasteiger partial charge in [-0.25, -0.2) is 0 Å². The Labute approximate surface area is 127 Å². The summed E-state index contributed by atoms with van der Waals surface area (Å²) < 4.78 is 0. The van der Waals surface area contributed by atoms with Crippen LogP contribution in [0.3, 0.4) is 0 Å². The fourth-order valence-electron chi connectivity index (χ4n) is 3.23. The molecular weight excluding hydrogens is 256 g/mol. The Kier molecular flexibility index (Phi) is 4.96. The monoisotopic (exact) mass is 276 g/mol. The maximum Gasteiger partial charge on any atom is 0.157 e. The highest BCUT2D eigenvalue weighted by Gasteiger charge is 2.45. The predicted molar refractivity (Wildman–Crippen MR) is 84.1 cm³/mol. The third-order valence-corrected chi connectivity index (χ3v) is 4.36. The van der Waals surface area contributed by atoms with Crippen molar-refractivity contribution in [2.75, 3.05) is 0 Å². The third-order valence-electron chi connectivity index (χ3n) is 4.36. The topological polar surface area (TPSA) is 47.6 Å². The molecular formula is C19H20N2. The summed E-state index contributed by atoms with van der Waals surface area (Å²) in [6, 6.07) is 14.6. The molecule has 2 unspecified atom stereocenters. The Morgan fingerprint density at radius 3 is 2.52 bits per heavy atom. The minimum Gasteiger partial charge on any atom is -0.197 e. The van der Waals surface area contributed by atoms with Gasteiger partial charge in [-0.3, -0.25) is 0 Å². The third kappa shape index (κ3) is 2.91. The highest BCUT2D eigenvalue weighted by atomic mass is 14.5. The lowest BCUT2D eigenvalue weighted by molar-refractivity contribution is 0.284. The van der Waals surface area contributed by atoms with Crippen molar-refractivity contribution in [3.8, 4) is 12.1 Å². The molecule has 0 N–H and O–H groups in total. The molecule has 2 nitrogen and oxygen atoms in total. The first kappa shape index (κ1) is 15.1. The van der Waals surface area contributed by atoms with E-state index in [1.165, 1.54) is 0 Å². The lowest BCUT2D eigenvalue weighted by Crippen LogP contribution is -2.34. The fourth-order valence-corrected chi connectivity index (χ4v) is 3.23. The van der Waals surface area contributed by atoms with E-state index >= 15 is 0 Å². The molecule has 0 spiro atoms. The number of benzene rings is 1. The minimum absolute atomic E-state index is 0.00796. The molecule has 1 aromatic carbocycles. The normalized spacial score (nSPS) is 19.2. The molecule has 2 atom stereocenters. The summed E-state index contributed by atoms with van der Waals surface area (Å²) >= 11 is 0. The van der Waals surface area contributed by atoms with Crippen molar-refractivity contribution in [3.63, 3.8) is 0 Å². The largest absolute Gasteiger partial charge is 0.197 e. The summed E-state index contributed by atoms with van der Waals surface area (Å²) in [7, 11) is 0. The highest BCUT2D eigenvalue weighted by Crippen LogP contribution is 2.47. The van der Waals surface area contributed by atoms with Gasteiger partial charge in [0.15, 0.2) is 5.41 Å². The Hall–Kier alpha value is -2.32. The van der Waals surface area contributed by atoms with E-state index in [1.54, 1.807) is 0 Å². The lowest BCUT2D eigenvalue weighted by atomic mass is 9.62. The lowest BCUT2D eigenvalue weighted by Gasteiger charge is -2.35. The first-order valence-electron chi connectivity index (χ1n) is 7.43. The second-order valence-corrected chi connectivity index (χ2v) is 5.55. The van der Waals surface area contributed by atoms with Gasteiger partial charge in [0.25, 0.3) is 0 Å². The number of hydrogen-bond donors (Lipinski definition) is 0. The molecule has 0 heterocycles. The first-order chi connectivity index (χ1) is 10.3. The first-order valence-corrected chi connectivity index (χ1v) is 7.43. The van der Waals surface area contributed by atoms with Crippen LogP contribution in [0, 0.1) is 34.0 Å². The van der Waals surface area contributed by atoms with Crippen molar-refractivity contribution in [2.45, 2.75) is 31.6 Å². The van der Waals surface area contributed by atoms with Crippen LogP contribution in [0.4, 0.5) is 0 Å². The standard InChI is InChI=1S/C19H20N2/c1-2-9-18(16-10-5-3-6-11-16)19(14-20,15-21)17-12-7-4-8-13-17/h2-3,5-7,10-12,17-18H,1,4,8-9,13H2. The minimum atomic E-state index is -1.02. The predicted octanol–water partition coefficient (Wildman–Crippen LogP) is 4.74. The number of rotatable bonds is 5. The van der Waals surface area contributed by atoms with Crippen molar-refractivity contribution in [1.82, 2.24) is 0 Å².